The van der Waals surface area contributed by atoms with Gasteiger partial charge in [0, 0.05) is 5.57 Å². The van der Waals surface area contributed by atoms with Crippen LogP contribution in [0.3, 0.4) is 0 Å². The SMILES string of the molecule is [C-]#[N+]c1ccccc1C(=C)C(F)(F)F. The number of halogens is 3. The summed E-state index contributed by atoms with van der Waals surface area (Å²) < 4.78 is 36.7. The summed E-state index contributed by atoms with van der Waals surface area (Å²) in [5.41, 5.74) is -1.17. The Labute approximate surface area is 79.3 Å². The minimum absolute atomic E-state index is 0.0326. The van der Waals surface area contributed by atoms with E-state index in [2.05, 4.69) is 11.4 Å². The highest BCUT2D eigenvalue weighted by Gasteiger charge is 2.33. The first-order chi connectivity index (χ1) is 6.46. The fourth-order valence-corrected chi connectivity index (χ4v) is 0.979. The van der Waals surface area contributed by atoms with Crippen LogP contribution in [0.4, 0.5) is 18.9 Å². The van der Waals surface area contributed by atoms with Crippen molar-refractivity contribution in [3.63, 3.8) is 0 Å². The van der Waals surface area contributed by atoms with Crippen molar-refractivity contribution in [3.05, 3.63) is 47.8 Å². The van der Waals surface area contributed by atoms with Gasteiger partial charge in [0.15, 0.2) is 5.69 Å². The second kappa shape index (κ2) is 3.54. The van der Waals surface area contributed by atoms with E-state index in [1.165, 1.54) is 24.3 Å². The fraction of sp³-hybridized carbons (Fsp3) is 0.100. The summed E-state index contributed by atoms with van der Waals surface area (Å²) in [7, 11) is 0. The van der Waals surface area contributed by atoms with Gasteiger partial charge in [-0.25, -0.2) is 4.85 Å². The van der Waals surface area contributed by atoms with Crippen LogP contribution >= 0.6 is 0 Å². The molecule has 0 aliphatic heterocycles. The normalized spacial score (nSPS) is 10.7. The van der Waals surface area contributed by atoms with Crippen LogP contribution in [0.2, 0.25) is 0 Å². The molecule has 0 aliphatic carbocycles. The molecular weight excluding hydrogens is 191 g/mol. The quantitative estimate of drug-likeness (QED) is 0.603. The summed E-state index contributed by atoms with van der Waals surface area (Å²) in [5, 5.41) is 0. The molecule has 4 heteroatoms. The molecule has 0 N–H and O–H groups in total. The zero-order valence-electron chi connectivity index (χ0n) is 7.10. The number of benzene rings is 1. The molecule has 0 fully saturated rings. The number of rotatable bonds is 1. The lowest BCUT2D eigenvalue weighted by Gasteiger charge is -2.11. The fourth-order valence-electron chi connectivity index (χ4n) is 0.979. The lowest BCUT2D eigenvalue weighted by molar-refractivity contribution is -0.0686. The Balaban J connectivity index is 3.22. The lowest BCUT2D eigenvalue weighted by Crippen LogP contribution is -2.09. The molecule has 0 aromatic heterocycles. The third-order valence-corrected chi connectivity index (χ3v) is 1.69. The summed E-state index contributed by atoms with van der Waals surface area (Å²) in [6.45, 7) is 9.64. The van der Waals surface area contributed by atoms with Gasteiger partial charge in [-0.2, -0.15) is 13.2 Å². The Morgan fingerprint density at radius 3 is 2.36 bits per heavy atom. The first kappa shape index (κ1) is 10.3. The first-order valence-electron chi connectivity index (χ1n) is 3.70. The average molecular weight is 197 g/mol. The van der Waals surface area contributed by atoms with Crippen molar-refractivity contribution in [3.8, 4) is 0 Å². The van der Waals surface area contributed by atoms with Crippen molar-refractivity contribution in [2.75, 3.05) is 0 Å². The molecule has 0 unspecified atom stereocenters. The highest BCUT2D eigenvalue weighted by molar-refractivity contribution is 5.77. The average Bonchev–Trinajstić information content (AvgIpc) is 2.15. The lowest BCUT2D eigenvalue weighted by atomic mass is 10.1. The third kappa shape index (κ3) is 1.94. The number of alkyl halides is 3. The van der Waals surface area contributed by atoms with Crippen molar-refractivity contribution >= 4 is 11.3 Å². The third-order valence-electron chi connectivity index (χ3n) is 1.69. The number of hydrogen-bond acceptors (Lipinski definition) is 0. The molecule has 0 spiro atoms. The molecule has 0 radical (unpaired) electrons. The van der Waals surface area contributed by atoms with Gasteiger partial charge in [-0.3, -0.25) is 0 Å². The Kier molecular flexibility index (Phi) is 2.61. The van der Waals surface area contributed by atoms with Gasteiger partial charge in [-0.15, -0.1) is 0 Å². The van der Waals surface area contributed by atoms with Gasteiger partial charge in [0.1, 0.15) is 0 Å². The van der Waals surface area contributed by atoms with Crippen molar-refractivity contribution < 1.29 is 13.2 Å². The predicted molar refractivity (Wildman–Crippen MR) is 47.8 cm³/mol. The molecule has 1 nitrogen and oxygen atoms in total. The molecule has 1 aromatic rings. The number of hydrogen-bond donors (Lipinski definition) is 0. The van der Waals surface area contributed by atoms with Crippen LogP contribution in [0.25, 0.3) is 10.4 Å². The van der Waals surface area contributed by atoms with Gasteiger partial charge < -0.3 is 0 Å². The molecule has 0 atom stereocenters. The van der Waals surface area contributed by atoms with E-state index >= 15 is 0 Å². The van der Waals surface area contributed by atoms with Crippen LogP contribution in [0.5, 0.6) is 0 Å². The molecule has 0 bridgehead atoms. The van der Waals surface area contributed by atoms with E-state index in [-0.39, 0.29) is 11.3 Å². The standard InChI is InChI=1S/C10H6F3N/c1-7(10(11,12)13)8-5-3-4-6-9(8)14-2/h3-6H,1H2. The predicted octanol–water partition coefficient (Wildman–Crippen LogP) is 3.81. The molecule has 14 heavy (non-hydrogen) atoms. The molecule has 0 heterocycles. The van der Waals surface area contributed by atoms with Crippen molar-refractivity contribution in [2.45, 2.75) is 6.18 Å². The van der Waals surface area contributed by atoms with Crippen LogP contribution in [0, 0.1) is 6.57 Å². The Bertz CT molecular complexity index is 399. The highest BCUT2D eigenvalue weighted by atomic mass is 19.4. The van der Waals surface area contributed by atoms with Crippen molar-refractivity contribution in [1.82, 2.24) is 0 Å². The summed E-state index contributed by atoms with van der Waals surface area (Å²) in [6.07, 6.45) is -4.49. The number of para-hydroxylation sites is 1. The topological polar surface area (TPSA) is 4.36 Å². The van der Waals surface area contributed by atoms with E-state index in [4.69, 9.17) is 6.57 Å². The second-order valence-corrected chi connectivity index (χ2v) is 2.61. The molecular formula is C10H6F3N. The molecule has 0 saturated carbocycles. The van der Waals surface area contributed by atoms with E-state index in [0.717, 1.165) is 0 Å². The molecule has 1 aromatic carbocycles. The summed E-state index contributed by atoms with van der Waals surface area (Å²) >= 11 is 0. The van der Waals surface area contributed by atoms with E-state index in [9.17, 15) is 13.2 Å². The van der Waals surface area contributed by atoms with Crippen LogP contribution in [0.1, 0.15) is 5.56 Å². The summed E-state index contributed by atoms with van der Waals surface area (Å²) in [6, 6.07) is 5.53. The van der Waals surface area contributed by atoms with E-state index in [0.29, 0.717) is 0 Å². The summed E-state index contributed by atoms with van der Waals surface area (Å²) in [4.78, 5) is 2.99. The second-order valence-electron chi connectivity index (χ2n) is 2.61. The van der Waals surface area contributed by atoms with Crippen LogP contribution < -0.4 is 0 Å². The Morgan fingerprint density at radius 2 is 1.86 bits per heavy atom. The van der Waals surface area contributed by atoms with Crippen LogP contribution in [-0.4, -0.2) is 6.18 Å². The summed E-state index contributed by atoms with van der Waals surface area (Å²) in [5.74, 6) is 0. The Morgan fingerprint density at radius 1 is 1.29 bits per heavy atom. The maximum absolute atomic E-state index is 12.2. The zero-order chi connectivity index (χ0) is 10.8. The molecule has 0 amide bonds. The number of allylic oxidation sites excluding steroid dienone is 1. The number of nitrogens with zero attached hydrogens (tertiary/aromatic N) is 1. The van der Waals surface area contributed by atoms with Gasteiger partial charge in [0.25, 0.3) is 0 Å². The minimum Gasteiger partial charge on any atom is -0.238 e. The monoisotopic (exact) mass is 197 g/mol. The van der Waals surface area contributed by atoms with E-state index < -0.39 is 11.7 Å². The van der Waals surface area contributed by atoms with E-state index in [1.54, 1.807) is 0 Å². The highest BCUT2D eigenvalue weighted by Crippen LogP contribution is 2.36. The molecule has 1 rings (SSSR count). The zero-order valence-corrected chi connectivity index (χ0v) is 7.10. The maximum Gasteiger partial charge on any atom is 0.415 e. The smallest absolute Gasteiger partial charge is 0.238 e. The van der Waals surface area contributed by atoms with E-state index in [1.807, 2.05) is 0 Å². The first-order valence-corrected chi connectivity index (χ1v) is 3.70. The van der Waals surface area contributed by atoms with Gasteiger partial charge in [-0.1, -0.05) is 30.8 Å². The maximum atomic E-state index is 12.2. The van der Waals surface area contributed by atoms with Crippen molar-refractivity contribution in [2.24, 2.45) is 0 Å². The molecule has 0 aliphatic rings. The Hall–Kier alpha value is -1.76. The van der Waals surface area contributed by atoms with Crippen LogP contribution in [-0.2, 0) is 0 Å². The van der Waals surface area contributed by atoms with Crippen molar-refractivity contribution in [1.29, 1.82) is 0 Å². The molecule has 0 saturated heterocycles. The van der Waals surface area contributed by atoms with Gasteiger partial charge in [0.05, 0.1) is 6.57 Å². The largest absolute Gasteiger partial charge is 0.415 e. The van der Waals surface area contributed by atoms with Gasteiger partial charge >= 0.3 is 6.18 Å². The molecule has 72 valence electrons. The van der Waals surface area contributed by atoms with Gasteiger partial charge in [0.2, 0.25) is 0 Å². The van der Waals surface area contributed by atoms with Crippen LogP contribution in [0.15, 0.2) is 30.8 Å². The minimum atomic E-state index is -4.49. The van der Waals surface area contributed by atoms with Gasteiger partial charge in [-0.05, 0) is 5.56 Å².